The molecule has 1 aromatic rings. The SMILES string of the molecule is NCON=Cc1ccc(CN)cc1. The molecule has 4 heteroatoms. The van der Waals surface area contributed by atoms with Gasteiger partial charge in [0, 0.05) is 6.54 Å². The van der Waals surface area contributed by atoms with Gasteiger partial charge in [-0.25, -0.2) is 0 Å². The van der Waals surface area contributed by atoms with Crippen molar-refractivity contribution in [2.24, 2.45) is 16.6 Å². The summed E-state index contributed by atoms with van der Waals surface area (Å²) in [6.45, 7) is 0.647. The van der Waals surface area contributed by atoms with Crippen molar-refractivity contribution < 1.29 is 4.84 Å². The van der Waals surface area contributed by atoms with Gasteiger partial charge in [0.15, 0.2) is 6.73 Å². The molecular formula is C9H13N3O. The fourth-order valence-corrected chi connectivity index (χ4v) is 0.881. The first-order valence-corrected chi connectivity index (χ1v) is 4.01. The Hall–Kier alpha value is -1.39. The van der Waals surface area contributed by atoms with Gasteiger partial charge in [0.2, 0.25) is 0 Å². The Labute approximate surface area is 77.2 Å². The Bertz CT molecular complexity index is 269. The average Bonchev–Trinajstić information content (AvgIpc) is 2.19. The van der Waals surface area contributed by atoms with Gasteiger partial charge in [0.05, 0.1) is 6.21 Å². The number of nitrogens with zero attached hydrogens (tertiary/aromatic N) is 1. The summed E-state index contributed by atoms with van der Waals surface area (Å²) in [6.07, 6.45) is 1.60. The molecule has 1 rings (SSSR count). The summed E-state index contributed by atoms with van der Waals surface area (Å²) >= 11 is 0. The summed E-state index contributed by atoms with van der Waals surface area (Å²) in [5.74, 6) is 0. The van der Waals surface area contributed by atoms with E-state index in [-0.39, 0.29) is 6.73 Å². The third kappa shape index (κ3) is 3.23. The minimum absolute atomic E-state index is 0.0946. The highest BCUT2D eigenvalue weighted by Gasteiger charge is 1.89. The quantitative estimate of drug-likeness (QED) is 0.399. The van der Waals surface area contributed by atoms with Crippen LogP contribution in [-0.4, -0.2) is 12.9 Å². The molecule has 0 saturated carbocycles. The first kappa shape index (κ1) is 9.70. The van der Waals surface area contributed by atoms with E-state index in [0.717, 1.165) is 11.1 Å². The van der Waals surface area contributed by atoms with Crippen LogP contribution in [0.2, 0.25) is 0 Å². The van der Waals surface area contributed by atoms with Crippen LogP contribution in [0, 0.1) is 0 Å². The van der Waals surface area contributed by atoms with Gasteiger partial charge in [0.1, 0.15) is 0 Å². The highest BCUT2D eigenvalue weighted by atomic mass is 16.6. The molecule has 0 radical (unpaired) electrons. The van der Waals surface area contributed by atoms with E-state index < -0.39 is 0 Å². The maximum Gasteiger partial charge on any atom is 0.165 e. The van der Waals surface area contributed by atoms with E-state index >= 15 is 0 Å². The van der Waals surface area contributed by atoms with Crippen LogP contribution in [0.5, 0.6) is 0 Å². The molecular weight excluding hydrogens is 166 g/mol. The lowest BCUT2D eigenvalue weighted by Crippen LogP contribution is -1.99. The van der Waals surface area contributed by atoms with Crippen molar-refractivity contribution in [3.8, 4) is 0 Å². The Kier molecular flexibility index (Phi) is 3.95. The summed E-state index contributed by atoms with van der Waals surface area (Å²) in [5, 5.41) is 3.63. The highest BCUT2D eigenvalue weighted by molar-refractivity contribution is 5.79. The summed E-state index contributed by atoms with van der Waals surface area (Å²) < 4.78 is 0. The van der Waals surface area contributed by atoms with Crippen LogP contribution in [0.4, 0.5) is 0 Å². The van der Waals surface area contributed by atoms with Crippen molar-refractivity contribution >= 4 is 6.21 Å². The lowest BCUT2D eigenvalue weighted by molar-refractivity contribution is 0.153. The van der Waals surface area contributed by atoms with Crippen LogP contribution in [0.1, 0.15) is 11.1 Å². The van der Waals surface area contributed by atoms with Gasteiger partial charge in [-0.15, -0.1) is 0 Å². The standard InChI is InChI=1S/C9H13N3O/c10-5-8-1-3-9(4-2-8)6-12-13-7-11/h1-4,6H,5,7,10-11H2. The minimum atomic E-state index is 0.0946. The molecule has 0 bridgehead atoms. The highest BCUT2D eigenvalue weighted by Crippen LogP contribution is 2.01. The van der Waals surface area contributed by atoms with E-state index in [1.807, 2.05) is 24.3 Å². The number of hydrogen-bond donors (Lipinski definition) is 2. The molecule has 0 unspecified atom stereocenters. The molecule has 4 N–H and O–H groups in total. The van der Waals surface area contributed by atoms with E-state index in [9.17, 15) is 0 Å². The van der Waals surface area contributed by atoms with Crippen LogP contribution in [0.25, 0.3) is 0 Å². The van der Waals surface area contributed by atoms with Crippen LogP contribution in [-0.2, 0) is 11.4 Å². The van der Waals surface area contributed by atoms with E-state index in [0.29, 0.717) is 6.54 Å². The molecule has 0 aromatic heterocycles. The van der Waals surface area contributed by atoms with Crippen molar-refractivity contribution in [1.29, 1.82) is 0 Å². The second kappa shape index (κ2) is 5.29. The summed E-state index contributed by atoms with van der Waals surface area (Å²) in [5.41, 5.74) is 12.6. The maximum absolute atomic E-state index is 5.45. The molecule has 4 nitrogen and oxygen atoms in total. The zero-order valence-electron chi connectivity index (χ0n) is 7.31. The van der Waals surface area contributed by atoms with E-state index in [1.54, 1.807) is 6.21 Å². The topological polar surface area (TPSA) is 73.6 Å². The molecule has 0 fully saturated rings. The van der Waals surface area contributed by atoms with Gasteiger partial charge < -0.3 is 10.6 Å². The van der Waals surface area contributed by atoms with Crippen molar-refractivity contribution in [2.45, 2.75) is 6.54 Å². The van der Waals surface area contributed by atoms with E-state index in [4.69, 9.17) is 11.5 Å². The van der Waals surface area contributed by atoms with Crippen molar-refractivity contribution in [2.75, 3.05) is 6.73 Å². The smallest absolute Gasteiger partial charge is 0.165 e. The maximum atomic E-state index is 5.45. The van der Waals surface area contributed by atoms with Gasteiger partial charge >= 0.3 is 0 Å². The molecule has 0 amide bonds. The van der Waals surface area contributed by atoms with Gasteiger partial charge in [-0.3, -0.25) is 5.73 Å². The zero-order valence-corrected chi connectivity index (χ0v) is 7.31. The number of benzene rings is 1. The van der Waals surface area contributed by atoms with Gasteiger partial charge in [-0.2, -0.15) is 0 Å². The number of rotatable bonds is 4. The third-order valence-corrected chi connectivity index (χ3v) is 1.57. The number of oxime groups is 1. The zero-order chi connectivity index (χ0) is 9.52. The molecule has 1 aromatic carbocycles. The molecule has 0 atom stereocenters. The first-order chi connectivity index (χ1) is 6.36. The Morgan fingerprint density at radius 3 is 2.46 bits per heavy atom. The second-order valence-electron chi connectivity index (χ2n) is 2.48. The van der Waals surface area contributed by atoms with Gasteiger partial charge in [0.25, 0.3) is 0 Å². The summed E-state index contributed by atoms with van der Waals surface area (Å²) in [4.78, 5) is 4.62. The van der Waals surface area contributed by atoms with Crippen molar-refractivity contribution in [1.82, 2.24) is 0 Å². The molecule has 0 aliphatic carbocycles. The predicted molar refractivity (Wildman–Crippen MR) is 52.1 cm³/mol. The fraction of sp³-hybridized carbons (Fsp3) is 0.222. The lowest BCUT2D eigenvalue weighted by Gasteiger charge is -1.96. The number of nitrogens with two attached hydrogens (primary N) is 2. The molecule has 0 spiro atoms. The molecule has 0 saturated heterocycles. The van der Waals surface area contributed by atoms with Gasteiger partial charge in [-0.05, 0) is 11.1 Å². The molecule has 13 heavy (non-hydrogen) atoms. The molecule has 0 heterocycles. The normalized spacial score (nSPS) is 10.6. The van der Waals surface area contributed by atoms with Crippen LogP contribution >= 0.6 is 0 Å². The molecule has 0 aliphatic rings. The first-order valence-electron chi connectivity index (χ1n) is 4.01. The molecule has 70 valence electrons. The van der Waals surface area contributed by atoms with Crippen LogP contribution in [0.15, 0.2) is 29.4 Å². The summed E-state index contributed by atoms with van der Waals surface area (Å²) in [7, 11) is 0. The van der Waals surface area contributed by atoms with Crippen molar-refractivity contribution in [3.63, 3.8) is 0 Å². The largest absolute Gasteiger partial charge is 0.380 e. The summed E-state index contributed by atoms with van der Waals surface area (Å²) in [6, 6.07) is 7.74. The Morgan fingerprint density at radius 1 is 1.23 bits per heavy atom. The Morgan fingerprint density at radius 2 is 1.92 bits per heavy atom. The second-order valence-corrected chi connectivity index (χ2v) is 2.48. The van der Waals surface area contributed by atoms with E-state index in [1.165, 1.54) is 0 Å². The van der Waals surface area contributed by atoms with Crippen LogP contribution < -0.4 is 11.5 Å². The lowest BCUT2D eigenvalue weighted by atomic mass is 10.1. The van der Waals surface area contributed by atoms with Crippen LogP contribution in [0.3, 0.4) is 0 Å². The monoisotopic (exact) mass is 179 g/mol. The number of hydrogen-bond acceptors (Lipinski definition) is 4. The fourth-order valence-electron chi connectivity index (χ4n) is 0.881. The van der Waals surface area contributed by atoms with Gasteiger partial charge in [-0.1, -0.05) is 29.4 Å². The minimum Gasteiger partial charge on any atom is -0.380 e. The van der Waals surface area contributed by atoms with E-state index in [2.05, 4.69) is 9.99 Å². The molecule has 0 aliphatic heterocycles. The average molecular weight is 179 g/mol. The third-order valence-electron chi connectivity index (χ3n) is 1.57. The predicted octanol–water partition coefficient (Wildman–Crippen LogP) is 0.412. The van der Waals surface area contributed by atoms with Crippen molar-refractivity contribution in [3.05, 3.63) is 35.4 Å². The Balaban J connectivity index is 2.58.